The first-order chi connectivity index (χ1) is 10.0. The molecule has 1 atom stereocenters. The highest BCUT2D eigenvalue weighted by Gasteiger charge is 2.23. The molecule has 0 aliphatic heterocycles. The Kier molecular flexibility index (Phi) is 4.24. The van der Waals surface area contributed by atoms with Crippen molar-refractivity contribution in [3.8, 4) is 11.8 Å². The second-order valence-electron chi connectivity index (χ2n) is 4.80. The number of rotatable bonds is 4. The zero-order chi connectivity index (χ0) is 15.4. The Bertz CT molecular complexity index is 679. The van der Waals surface area contributed by atoms with E-state index >= 15 is 0 Å². The molecule has 1 unspecified atom stereocenters. The van der Waals surface area contributed by atoms with E-state index in [9.17, 15) is 9.90 Å². The molecule has 0 aromatic heterocycles. The molecule has 1 N–H and O–H groups in total. The number of carboxylic acids is 1. The molecule has 2 rings (SSSR count). The molecule has 0 saturated heterocycles. The van der Waals surface area contributed by atoms with E-state index in [4.69, 9.17) is 10.00 Å². The van der Waals surface area contributed by atoms with E-state index in [0.717, 1.165) is 11.1 Å². The molecular formula is C17H15NO3. The van der Waals surface area contributed by atoms with E-state index in [0.29, 0.717) is 16.9 Å². The van der Waals surface area contributed by atoms with Crippen LogP contribution >= 0.6 is 0 Å². The van der Waals surface area contributed by atoms with Crippen molar-refractivity contribution in [3.05, 3.63) is 64.7 Å². The fourth-order valence-corrected chi connectivity index (χ4v) is 2.21. The van der Waals surface area contributed by atoms with Crippen molar-refractivity contribution < 1.29 is 14.6 Å². The molecule has 4 nitrogen and oxygen atoms in total. The fraction of sp³-hybridized carbons (Fsp3) is 0.176. The molecule has 0 amide bonds. The number of aryl methyl sites for hydroxylation is 2. The van der Waals surface area contributed by atoms with Crippen LogP contribution in [0.15, 0.2) is 42.5 Å². The largest absolute Gasteiger partial charge is 0.478 e. The molecule has 4 heteroatoms. The van der Waals surface area contributed by atoms with E-state index in [2.05, 4.69) is 6.07 Å². The third kappa shape index (κ3) is 3.21. The van der Waals surface area contributed by atoms with Gasteiger partial charge in [0.25, 0.3) is 0 Å². The summed E-state index contributed by atoms with van der Waals surface area (Å²) in [6.07, 6.45) is -1.07. The first-order valence-corrected chi connectivity index (χ1v) is 6.48. The smallest absolute Gasteiger partial charge is 0.349 e. The van der Waals surface area contributed by atoms with Crippen LogP contribution in [-0.2, 0) is 4.79 Å². The Labute approximate surface area is 123 Å². The molecule has 0 radical (unpaired) electrons. The average molecular weight is 281 g/mol. The van der Waals surface area contributed by atoms with Gasteiger partial charge in [0.2, 0.25) is 6.10 Å². The molecule has 2 aromatic carbocycles. The first-order valence-electron chi connectivity index (χ1n) is 6.48. The Hall–Kier alpha value is -2.80. The van der Waals surface area contributed by atoms with Crippen molar-refractivity contribution in [2.45, 2.75) is 20.0 Å². The number of hydrogen-bond acceptors (Lipinski definition) is 3. The molecule has 21 heavy (non-hydrogen) atoms. The van der Waals surface area contributed by atoms with Gasteiger partial charge in [0.15, 0.2) is 0 Å². The summed E-state index contributed by atoms with van der Waals surface area (Å²) < 4.78 is 5.71. The summed E-state index contributed by atoms with van der Waals surface area (Å²) in [5, 5.41) is 18.3. The number of carboxylic acid groups (broad SMARTS) is 1. The Balaban J connectivity index is 2.39. The lowest BCUT2D eigenvalue weighted by atomic mass is 10.1. The molecule has 0 saturated carbocycles. The van der Waals surface area contributed by atoms with Gasteiger partial charge in [0.05, 0.1) is 11.6 Å². The van der Waals surface area contributed by atoms with Gasteiger partial charge in [-0.25, -0.2) is 4.79 Å². The minimum absolute atomic E-state index is 0.505. The van der Waals surface area contributed by atoms with Gasteiger partial charge in [-0.1, -0.05) is 30.3 Å². The maximum Gasteiger partial charge on any atom is 0.349 e. The molecule has 0 aliphatic rings. The van der Waals surface area contributed by atoms with Gasteiger partial charge in [-0.2, -0.15) is 5.26 Å². The second kappa shape index (κ2) is 6.10. The number of benzene rings is 2. The van der Waals surface area contributed by atoms with E-state index < -0.39 is 12.1 Å². The fourth-order valence-electron chi connectivity index (χ4n) is 2.21. The zero-order valence-electron chi connectivity index (χ0n) is 11.8. The normalized spacial score (nSPS) is 11.5. The second-order valence-corrected chi connectivity index (χ2v) is 4.80. The van der Waals surface area contributed by atoms with Gasteiger partial charge in [0, 0.05) is 5.56 Å². The van der Waals surface area contributed by atoms with Gasteiger partial charge >= 0.3 is 5.97 Å². The average Bonchev–Trinajstić information content (AvgIpc) is 2.46. The third-order valence-electron chi connectivity index (χ3n) is 3.15. The summed E-state index contributed by atoms with van der Waals surface area (Å²) in [6.45, 7) is 3.60. The van der Waals surface area contributed by atoms with Crippen LogP contribution in [0.5, 0.6) is 5.75 Å². The molecule has 0 bridgehead atoms. The summed E-state index contributed by atoms with van der Waals surface area (Å²) in [7, 11) is 0. The Morgan fingerprint density at radius 2 is 1.76 bits per heavy atom. The van der Waals surface area contributed by atoms with Crippen LogP contribution in [0.1, 0.15) is 28.4 Å². The quantitative estimate of drug-likeness (QED) is 0.932. The lowest BCUT2D eigenvalue weighted by Crippen LogP contribution is -2.19. The van der Waals surface area contributed by atoms with E-state index in [-0.39, 0.29) is 0 Å². The summed E-state index contributed by atoms with van der Waals surface area (Å²) in [6, 6.07) is 14.2. The highest BCUT2D eigenvalue weighted by molar-refractivity contribution is 5.75. The molecule has 0 spiro atoms. The van der Waals surface area contributed by atoms with Crippen molar-refractivity contribution in [1.29, 1.82) is 5.26 Å². The lowest BCUT2D eigenvalue weighted by molar-refractivity contribution is -0.145. The maximum absolute atomic E-state index is 11.5. The highest BCUT2D eigenvalue weighted by atomic mass is 16.5. The Morgan fingerprint density at radius 3 is 2.24 bits per heavy atom. The number of nitriles is 1. The number of carbonyl (C=O) groups is 1. The van der Waals surface area contributed by atoms with Gasteiger partial charge in [-0.3, -0.25) is 0 Å². The summed E-state index contributed by atoms with van der Waals surface area (Å²) in [5.74, 6) is -0.547. The third-order valence-corrected chi connectivity index (χ3v) is 3.15. The molecular weight excluding hydrogens is 266 g/mol. The summed E-state index contributed by atoms with van der Waals surface area (Å²) in [4.78, 5) is 11.5. The highest BCUT2D eigenvalue weighted by Crippen LogP contribution is 2.29. The molecule has 0 fully saturated rings. The van der Waals surface area contributed by atoms with Gasteiger partial charge in [-0.05, 0) is 37.1 Å². The molecule has 2 aromatic rings. The molecule has 0 heterocycles. The van der Waals surface area contributed by atoms with Crippen molar-refractivity contribution in [2.24, 2.45) is 0 Å². The predicted octanol–water partition coefficient (Wildman–Crippen LogP) is 3.38. The number of ether oxygens (including phenoxy) is 1. The van der Waals surface area contributed by atoms with Crippen molar-refractivity contribution in [3.63, 3.8) is 0 Å². The topological polar surface area (TPSA) is 70.3 Å². The lowest BCUT2D eigenvalue weighted by Gasteiger charge is -2.19. The number of nitrogens with zero attached hydrogens (tertiary/aromatic N) is 1. The number of aliphatic carboxylic acids is 1. The zero-order valence-corrected chi connectivity index (χ0v) is 11.8. The minimum atomic E-state index is -1.07. The Morgan fingerprint density at radius 1 is 1.19 bits per heavy atom. The van der Waals surface area contributed by atoms with Gasteiger partial charge in [0.1, 0.15) is 5.75 Å². The van der Waals surface area contributed by atoms with Crippen LogP contribution < -0.4 is 4.74 Å². The molecule has 0 aliphatic carbocycles. The monoisotopic (exact) mass is 281 g/mol. The van der Waals surface area contributed by atoms with Crippen molar-refractivity contribution in [1.82, 2.24) is 0 Å². The first kappa shape index (κ1) is 14.6. The predicted molar refractivity (Wildman–Crippen MR) is 78.1 cm³/mol. The maximum atomic E-state index is 11.5. The molecule has 106 valence electrons. The van der Waals surface area contributed by atoms with Crippen LogP contribution in [0.2, 0.25) is 0 Å². The SMILES string of the molecule is Cc1cc(C#N)cc(C)c1OC(C(=O)O)c1ccccc1. The van der Waals surface area contributed by atoms with Gasteiger partial charge < -0.3 is 9.84 Å². The van der Waals surface area contributed by atoms with Crippen molar-refractivity contribution in [2.75, 3.05) is 0 Å². The van der Waals surface area contributed by atoms with E-state index in [1.807, 2.05) is 6.07 Å². The number of hydrogen-bond donors (Lipinski definition) is 1. The standard InChI is InChI=1S/C17H15NO3/c1-11-8-13(10-18)9-12(2)15(11)21-16(17(19)20)14-6-4-3-5-7-14/h3-9,16H,1-2H3,(H,19,20). The van der Waals surface area contributed by atoms with Crippen molar-refractivity contribution >= 4 is 5.97 Å². The minimum Gasteiger partial charge on any atom is -0.478 e. The van der Waals surface area contributed by atoms with E-state index in [1.54, 1.807) is 50.2 Å². The van der Waals surface area contributed by atoms with Crippen LogP contribution in [0.25, 0.3) is 0 Å². The van der Waals surface area contributed by atoms with E-state index in [1.165, 1.54) is 0 Å². The van der Waals surface area contributed by atoms with Crippen LogP contribution in [0.3, 0.4) is 0 Å². The van der Waals surface area contributed by atoms with Crippen LogP contribution in [0.4, 0.5) is 0 Å². The summed E-state index contributed by atoms with van der Waals surface area (Å²) >= 11 is 0. The summed E-state index contributed by atoms with van der Waals surface area (Å²) in [5.41, 5.74) is 2.60. The van der Waals surface area contributed by atoms with Crippen LogP contribution in [-0.4, -0.2) is 11.1 Å². The van der Waals surface area contributed by atoms with Gasteiger partial charge in [-0.15, -0.1) is 0 Å². The van der Waals surface area contributed by atoms with Crippen LogP contribution in [0, 0.1) is 25.2 Å².